The van der Waals surface area contributed by atoms with Crippen LogP contribution in [0.2, 0.25) is 0 Å². The van der Waals surface area contributed by atoms with Crippen LogP contribution in [-0.2, 0) is 6.42 Å². The summed E-state index contributed by atoms with van der Waals surface area (Å²) in [6, 6.07) is 13.4. The number of Topliss-reactive ketones (excluding diaryl/α,β-unsaturated/α-hetero) is 1. The summed E-state index contributed by atoms with van der Waals surface area (Å²) in [6.45, 7) is 1.91. The third kappa shape index (κ3) is 3.61. The van der Waals surface area contributed by atoms with Crippen LogP contribution in [0.15, 0.2) is 54.9 Å². The SMILES string of the molecule is CC(=O)c1ccc(C(=O)NC[C@H]2Cc3cccc(-c4cccnc4)c3O2)s1. The predicted octanol–water partition coefficient (Wildman–Crippen LogP) is 3.75. The second kappa shape index (κ2) is 7.32. The Morgan fingerprint density at radius 3 is 2.78 bits per heavy atom. The molecular weight excluding hydrogens is 360 g/mol. The molecule has 0 radical (unpaired) electrons. The van der Waals surface area contributed by atoms with Crippen molar-refractivity contribution in [3.8, 4) is 16.9 Å². The molecule has 4 rings (SSSR count). The summed E-state index contributed by atoms with van der Waals surface area (Å²) in [5.74, 6) is 0.649. The Kier molecular flexibility index (Phi) is 4.73. The van der Waals surface area contributed by atoms with Crippen LogP contribution < -0.4 is 10.1 Å². The van der Waals surface area contributed by atoms with Gasteiger partial charge in [-0.3, -0.25) is 14.6 Å². The van der Waals surface area contributed by atoms with Gasteiger partial charge in [0.05, 0.1) is 16.3 Å². The minimum Gasteiger partial charge on any atom is -0.487 e. The van der Waals surface area contributed by atoms with E-state index in [1.165, 1.54) is 18.3 Å². The van der Waals surface area contributed by atoms with Gasteiger partial charge < -0.3 is 10.1 Å². The van der Waals surface area contributed by atoms with Crippen LogP contribution in [0, 0.1) is 0 Å². The predicted molar refractivity (Wildman–Crippen MR) is 104 cm³/mol. The lowest BCUT2D eigenvalue weighted by atomic mass is 10.0. The van der Waals surface area contributed by atoms with Crippen molar-refractivity contribution in [2.45, 2.75) is 19.4 Å². The van der Waals surface area contributed by atoms with E-state index in [0.29, 0.717) is 16.3 Å². The number of rotatable bonds is 5. The average Bonchev–Trinajstić information content (AvgIpc) is 3.33. The lowest BCUT2D eigenvalue weighted by molar-refractivity contribution is 0.0937. The number of carbonyl (C=O) groups is 2. The molecule has 6 heteroatoms. The Morgan fingerprint density at radius 2 is 2.04 bits per heavy atom. The van der Waals surface area contributed by atoms with Gasteiger partial charge >= 0.3 is 0 Å². The van der Waals surface area contributed by atoms with Gasteiger partial charge in [0.15, 0.2) is 5.78 Å². The van der Waals surface area contributed by atoms with Crippen LogP contribution in [0.1, 0.15) is 31.8 Å². The van der Waals surface area contributed by atoms with Gasteiger partial charge in [0, 0.05) is 29.9 Å². The fraction of sp³-hybridized carbons (Fsp3) is 0.190. The zero-order valence-electron chi connectivity index (χ0n) is 14.8. The molecular formula is C21H18N2O3S. The van der Waals surface area contributed by atoms with Crippen LogP contribution in [0.5, 0.6) is 5.75 Å². The van der Waals surface area contributed by atoms with E-state index in [0.717, 1.165) is 28.9 Å². The lowest BCUT2D eigenvalue weighted by Gasteiger charge is -2.13. The number of nitrogens with zero attached hydrogens (tertiary/aromatic N) is 1. The number of para-hydroxylation sites is 1. The summed E-state index contributed by atoms with van der Waals surface area (Å²) in [5, 5.41) is 2.91. The summed E-state index contributed by atoms with van der Waals surface area (Å²) in [7, 11) is 0. The minimum atomic E-state index is -0.181. The number of amides is 1. The molecule has 136 valence electrons. The number of hydrogen-bond acceptors (Lipinski definition) is 5. The molecule has 3 aromatic rings. The van der Waals surface area contributed by atoms with Crippen molar-refractivity contribution in [1.29, 1.82) is 0 Å². The van der Waals surface area contributed by atoms with Gasteiger partial charge in [0.25, 0.3) is 5.91 Å². The zero-order valence-corrected chi connectivity index (χ0v) is 15.6. The maximum absolute atomic E-state index is 12.3. The molecule has 1 aliphatic rings. The average molecular weight is 378 g/mol. The van der Waals surface area contributed by atoms with Crippen LogP contribution in [0.25, 0.3) is 11.1 Å². The summed E-state index contributed by atoms with van der Waals surface area (Å²) in [4.78, 5) is 29.0. The highest BCUT2D eigenvalue weighted by molar-refractivity contribution is 7.15. The number of carbonyl (C=O) groups excluding carboxylic acids is 2. The van der Waals surface area contributed by atoms with Gasteiger partial charge in [-0.2, -0.15) is 0 Å². The van der Waals surface area contributed by atoms with Crippen LogP contribution in [0.3, 0.4) is 0 Å². The third-order valence-corrected chi connectivity index (χ3v) is 5.65. The van der Waals surface area contributed by atoms with E-state index in [9.17, 15) is 9.59 Å². The smallest absolute Gasteiger partial charge is 0.261 e. The highest BCUT2D eigenvalue weighted by Crippen LogP contribution is 2.38. The normalized spacial score (nSPS) is 15.1. The minimum absolute atomic E-state index is 0.0310. The largest absolute Gasteiger partial charge is 0.487 e. The van der Waals surface area contributed by atoms with E-state index >= 15 is 0 Å². The molecule has 27 heavy (non-hydrogen) atoms. The molecule has 5 nitrogen and oxygen atoms in total. The Hall–Kier alpha value is -2.99. The second-order valence-corrected chi connectivity index (χ2v) is 7.49. The molecule has 1 aliphatic heterocycles. The fourth-order valence-electron chi connectivity index (χ4n) is 3.14. The van der Waals surface area contributed by atoms with E-state index in [1.807, 2.05) is 30.5 Å². The van der Waals surface area contributed by atoms with Crippen LogP contribution in [-0.4, -0.2) is 29.3 Å². The number of pyridine rings is 1. The number of ether oxygens (including phenoxy) is 1. The molecule has 1 aromatic carbocycles. The van der Waals surface area contributed by atoms with E-state index in [2.05, 4.69) is 16.4 Å². The molecule has 2 aromatic heterocycles. The molecule has 0 unspecified atom stereocenters. The summed E-state index contributed by atoms with van der Waals surface area (Å²) in [5.41, 5.74) is 3.15. The number of benzene rings is 1. The summed E-state index contributed by atoms with van der Waals surface area (Å²) < 4.78 is 6.13. The molecule has 0 aliphatic carbocycles. The molecule has 0 saturated heterocycles. The number of ketones is 1. The van der Waals surface area contributed by atoms with Crippen molar-refractivity contribution in [2.24, 2.45) is 0 Å². The Morgan fingerprint density at radius 1 is 1.19 bits per heavy atom. The number of thiophene rings is 1. The van der Waals surface area contributed by atoms with Crippen molar-refractivity contribution in [1.82, 2.24) is 10.3 Å². The first kappa shape index (κ1) is 17.4. The molecule has 1 amide bonds. The Bertz CT molecular complexity index is 998. The number of aromatic nitrogens is 1. The standard InChI is InChI=1S/C21H18N2O3S/c1-13(24)18-7-8-19(27-18)21(25)23-12-16-10-14-4-2-6-17(20(14)26-16)15-5-3-9-22-11-15/h2-9,11,16H,10,12H2,1H3,(H,23,25)/t16-/m1/s1. The molecule has 0 spiro atoms. The first-order chi connectivity index (χ1) is 13.1. The van der Waals surface area contributed by atoms with Crippen molar-refractivity contribution in [2.75, 3.05) is 6.54 Å². The highest BCUT2D eigenvalue weighted by atomic mass is 32.1. The molecule has 0 bridgehead atoms. The first-order valence-electron chi connectivity index (χ1n) is 8.70. The van der Waals surface area contributed by atoms with Crippen molar-refractivity contribution in [3.05, 3.63) is 70.2 Å². The number of fused-ring (bicyclic) bond motifs is 1. The number of hydrogen-bond donors (Lipinski definition) is 1. The van der Waals surface area contributed by atoms with Gasteiger partial charge in [-0.05, 0) is 30.7 Å². The van der Waals surface area contributed by atoms with Crippen molar-refractivity contribution < 1.29 is 14.3 Å². The van der Waals surface area contributed by atoms with Crippen molar-refractivity contribution >= 4 is 23.0 Å². The molecule has 1 atom stereocenters. The quantitative estimate of drug-likeness (QED) is 0.687. The fourth-order valence-corrected chi connectivity index (χ4v) is 3.96. The van der Waals surface area contributed by atoms with E-state index in [1.54, 1.807) is 18.3 Å². The Balaban J connectivity index is 1.43. The third-order valence-electron chi connectivity index (χ3n) is 4.47. The molecule has 3 heterocycles. The van der Waals surface area contributed by atoms with E-state index < -0.39 is 0 Å². The van der Waals surface area contributed by atoms with E-state index in [4.69, 9.17) is 4.74 Å². The Labute approximate surface area is 161 Å². The summed E-state index contributed by atoms with van der Waals surface area (Å²) >= 11 is 1.21. The van der Waals surface area contributed by atoms with Crippen LogP contribution in [0.4, 0.5) is 0 Å². The van der Waals surface area contributed by atoms with Gasteiger partial charge in [-0.15, -0.1) is 11.3 Å². The van der Waals surface area contributed by atoms with Gasteiger partial charge in [-0.25, -0.2) is 0 Å². The molecule has 0 fully saturated rings. The summed E-state index contributed by atoms with van der Waals surface area (Å²) in [6.07, 6.45) is 4.19. The van der Waals surface area contributed by atoms with E-state index in [-0.39, 0.29) is 17.8 Å². The second-order valence-electron chi connectivity index (χ2n) is 6.41. The molecule has 1 N–H and O–H groups in total. The maximum Gasteiger partial charge on any atom is 0.261 e. The van der Waals surface area contributed by atoms with Crippen LogP contribution >= 0.6 is 11.3 Å². The molecule has 0 saturated carbocycles. The number of nitrogens with one attached hydrogen (secondary N) is 1. The highest BCUT2D eigenvalue weighted by Gasteiger charge is 2.26. The lowest BCUT2D eigenvalue weighted by Crippen LogP contribution is -2.34. The van der Waals surface area contributed by atoms with Gasteiger partial charge in [-0.1, -0.05) is 24.3 Å². The zero-order chi connectivity index (χ0) is 18.8. The first-order valence-corrected chi connectivity index (χ1v) is 9.51. The topological polar surface area (TPSA) is 68.3 Å². The van der Waals surface area contributed by atoms with Gasteiger partial charge in [0.1, 0.15) is 11.9 Å². The van der Waals surface area contributed by atoms with Crippen molar-refractivity contribution in [3.63, 3.8) is 0 Å². The maximum atomic E-state index is 12.3. The monoisotopic (exact) mass is 378 g/mol. The van der Waals surface area contributed by atoms with Gasteiger partial charge in [0.2, 0.25) is 0 Å².